The average molecular weight is 1050 g/mol. The molecule has 0 bridgehead atoms. The summed E-state index contributed by atoms with van der Waals surface area (Å²) in [6.45, 7) is 18.2. The summed E-state index contributed by atoms with van der Waals surface area (Å²) in [6, 6.07) is 1.72. The zero-order valence-electron chi connectivity index (χ0n) is 45.1. The Labute approximate surface area is 431 Å². The fourth-order valence-corrected chi connectivity index (χ4v) is 19.2. The molecule has 0 aliphatic carbocycles. The predicted molar refractivity (Wildman–Crippen MR) is 309 cm³/mol. The summed E-state index contributed by atoms with van der Waals surface area (Å²) >= 11 is 10.4. The maximum Gasteiger partial charge on any atom is 0.500 e. The Balaban J connectivity index is 6.03. The van der Waals surface area contributed by atoms with Gasteiger partial charge in [0.1, 0.15) is 0 Å². The minimum Gasteiger partial charge on any atom is -0.373 e. The molecule has 0 N–H and O–H groups in total. The molecule has 0 heterocycles. The Hall–Kier alpha value is 1.59. The van der Waals surface area contributed by atoms with E-state index in [1.165, 1.54) is 193 Å². The van der Waals surface area contributed by atoms with Crippen molar-refractivity contribution in [2.45, 2.75) is 298 Å². The van der Waals surface area contributed by atoms with Gasteiger partial charge in [-0.25, -0.2) is 0 Å². The maximum atomic E-state index is 6.93. The van der Waals surface area contributed by atoms with Gasteiger partial charge in [0.2, 0.25) is 0 Å². The van der Waals surface area contributed by atoms with Crippen LogP contribution >= 0.6 is 41.2 Å². The smallest absolute Gasteiger partial charge is 0.373 e. The number of hydrogen-bond donors (Lipinski definition) is 2. The molecular weight excluding hydrogens is 929 g/mol. The van der Waals surface area contributed by atoms with E-state index in [4.69, 9.17) is 49.9 Å². The van der Waals surface area contributed by atoms with Crippen LogP contribution in [0.2, 0.25) is 12.1 Å². The molecule has 0 fully saturated rings. The molecule has 0 aromatic carbocycles. The van der Waals surface area contributed by atoms with Gasteiger partial charge in [-0.1, -0.05) is 234 Å². The number of hydrogen-bond acceptors (Lipinski definition) is 9. The van der Waals surface area contributed by atoms with Crippen molar-refractivity contribution in [3.63, 3.8) is 0 Å². The van der Waals surface area contributed by atoms with Crippen LogP contribution in [0.5, 0.6) is 0 Å². The van der Waals surface area contributed by atoms with Gasteiger partial charge < -0.3 is 26.6 Å². The van der Waals surface area contributed by atoms with Gasteiger partial charge >= 0.3 is 17.6 Å². The van der Waals surface area contributed by atoms with E-state index in [-0.39, 0.29) is 0 Å². The van der Waals surface area contributed by atoms with Crippen molar-refractivity contribution in [2.75, 3.05) is 51.1 Å². The van der Waals surface area contributed by atoms with Crippen LogP contribution in [0.15, 0.2) is 0 Å². The summed E-state index contributed by atoms with van der Waals surface area (Å²) in [4.78, 5) is 0. The van der Waals surface area contributed by atoms with Crippen LogP contribution in [0.3, 0.4) is 0 Å². The molecule has 0 atom stereocenters. The van der Waals surface area contributed by atoms with E-state index in [9.17, 15) is 0 Å². The van der Waals surface area contributed by atoms with Crippen molar-refractivity contribution in [1.29, 1.82) is 0 Å². The third kappa shape index (κ3) is 42.1. The van der Waals surface area contributed by atoms with Gasteiger partial charge in [-0.15, -0.1) is 31.4 Å². The molecule has 400 valence electrons. The Morgan fingerprint density at radius 3 is 0.652 bits per heavy atom. The topological polar surface area (TPSA) is 55.4 Å². The number of unbranched alkanes of at least 4 members (excludes halogenated alkanes) is 30. The second-order valence-electron chi connectivity index (χ2n) is 19.5. The van der Waals surface area contributed by atoms with E-state index in [0.29, 0.717) is 0 Å². The lowest BCUT2D eigenvalue weighted by molar-refractivity contribution is 0.0545. The Bertz CT molecular complexity index is 801. The van der Waals surface area contributed by atoms with Crippen molar-refractivity contribution in [2.24, 2.45) is 0 Å². The lowest BCUT2D eigenvalue weighted by atomic mass is 10.1. The largest absolute Gasteiger partial charge is 0.500 e. The molecule has 12 heteroatoms. The van der Waals surface area contributed by atoms with Crippen molar-refractivity contribution >= 4 is 58.8 Å². The van der Waals surface area contributed by atoms with Crippen LogP contribution in [-0.2, 0) is 26.6 Å². The van der Waals surface area contributed by atoms with Gasteiger partial charge in [-0.3, -0.25) is 0 Å². The van der Waals surface area contributed by atoms with Crippen LogP contribution in [0.25, 0.3) is 0 Å². The van der Waals surface area contributed by atoms with Crippen molar-refractivity contribution in [3.05, 3.63) is 0 Å². The first-order valence-corrected chi connectivity index (χ1v) is 38.3. The highest BCUT2D eigenvalue weighted by Gasteiger charge is 2.43. The van der Waals surface area contributed by atoms with Gasteiger partial charge in [-0.05, 0) is 72.7 Å². The standard InChI is InChI=1S/C54H116O6S4Si2/c1-7-13-19-25-31-37-45-55-65(56-46-38-32-26-20-14-8-2,57-47-39-33-27-21-15-9-3)53-43-51-64(62,63-61)52-44-54-66(58-48-40-34-28-22-16-10-4,59-49-41-35-29-23-17-11-5)60-50-42-36-30-24-18-12-6/h61-62H,7-54H2,1-6H3. The highest BCUT2D eigenvalue weighted by atomic mass is 33.7. The lowest BCUT2D eigenvalue weighted by Crippen LogP contribution is -2.47. The Kier molecular flexibility index (Phi) is 52.7. The van der Waals surface area contributed by atoms with Crippen LogP contribution in [0.1, 0.15) is 286 Å². The molecule has 0 aromatic heterocycles. The van der Waals surface area contributed by atoms with E-state index in [2.05, 4.69) is 41.5 Å². The molecule has 0 radical (unpaired) electrons. The molecule has 0 aromatic rings. The molecule has 0 saturated heterocycles. The van der Waals surface area contributed by atoms with E-state index < -0.39 is 25.7 Å². The van der Waals surface area contributed by atoms with Crippen LogP contribution < -0.4 is 0 Å². The predicted octanol–water partition coefficient (Wildman–Crippen LogP) is 20.0. The summed E-state index contributed by atoms with van der Waals surface area (Å²) in [5, 5.41) is 0. The molecule has 0 aliphatic rings. The van der Waals surface area contributed by atoms with Crippen molar-refractivity contribution in [3.8, 4) is 0 Å². The molecular formula is C54H116O6S4Si2. The Morgan fingerprint density at radius 2 is 0.470 bits per heavy atom. The number of rotatable bonds is 57. The fourth-order valence-electron chi connectivity index (χ4n) is 8.55. The summed E-state index contributed by atoms with van der Waals surface area (Å²) < 4.78 is 41.6. The van der Waals surface area contributed by atoms with Gasteiger partial charge in [0, 0.05) is 51.7 Å². The number of thiol groups is 2. The third-order valence-electron chi connectivity index (χ3n) is 13.0. The van der Waals surface area contributed by atoms with Crippen molar-refractivity contribution in [1.82, 2.24) is 0 Å². The maximum absolute atomic E-state index is 6.93. The van der Waals surface area contributed by atoms with Crippen LogP contribution in [0, 0.1) is 0 Å². The lowest BCUT2D eigenvalue weighted by Gasteiger charge is -2.35. The minimum atomic E-state index is -2.89. The Morgan fingerprint density at radius 1 is 0.288 bits per heavy atom. The summed E-state index contributed by atoms with van der Waals surface area (Å²) in [6.07, 6.45) is 47.1. The average Bonchev–Trinajstić information content (AvgIpc) is 3.32. The monoisotopic (exact) mass is 1040 g/mol. The first kappa shape index (κ1) is 67.6. The second-order valence-corrected chi connectivity index (χ2v) is 34.0. The highest BCUT2D eigenvalue weighted by molar-refractivity contribution is 9.33. The SMILES string of the molecule is CCCCCCCCO[Si](CCCS(S)(CCC[Si](OCCCCCCCC)(OCCCCCCCC)OCCCCCCCC)SS)(OCCCCCCCC)OCCCCCCCC. The fraction of sp³-hybridized carbons (Fsp3) is 1.00. The minimum absolute atomic E-state index is 0.745. The van der Waals surface area contributed by atoms with Crippen LogP contribution in [-0.4, -0.2) is 68.8 Å². The van der Waals surface area contributed by atoms with E-state index >= 15 is 0 Å². The van der Waals surface area contributed by atoms with Gasteiger partial charge in [-0.2, -0.15) is 0 Å². The zero-order valence-corrected chi connectivity index (χ0v) is 50.5. The molecule has 0 aliphatic heterocycles. The quantitative estimate of drug-likeness (QED) is 0.0272. The van der Waals surface area contributed by atoms with Gasteiger partial charge in [0.05, 0.1) is 0 Å². The zero-order chi connectivity index (χ0) is 48.4. The highest BCUT2D eigenvalue weighted by Crippen LogP contribution is 2.66. The third-order valence-corrected chi connectivity index (χ3v) is 28.1. The van der Waals surface area contributed by atoms with Crippen LogP contribution in [0.4, 0.5) is 0 Å². The summed E-state index contributed by atoms with van der Waals surface area (Å²) in [7, 11) is -5.46. The molecule has 0 saturated carbocycles. The first-order chi connectivity index (χ1) is 32.3. The van der Waals surface area contributed by atoms with Gasteiger partial charge in [0.25, 0.3) is 0 Å². The van der Waals surface area contributed by atoms with E-state index in [0.717, 1.165) is 115 Å². The molecule has 66 heavy (non-hydrogen) atoms. The van der Waals surface area contributed by atoms with Crippen molar-refractivity contribution < 1.29 is 26.6 Å². The molecule has 0 unspecified atom stereocenters. The van der Waals surface area contributed by atoms with E-state index in [1.807, 2.05) is 0 Å². The molecule has 0 spiro atoms. The van der Waals surface area contributed by atoms with Gasteiger partial charge in [0.15, 0.2) is 0 Å². The summed E-state index contributed by atoms with van der Waals surface area (Å²) in [5.41, 5.74) is 0. The molecule has 0 rings (SSSR count). The first-order valence-electron chi connectivity index (χ1n) is 29.0. The second kappa shape index (κ2) is 51.5. The normalized spacial score (nSPS) is 12.8. The molecule has 0 amide bonds. The summed E-state index contributed by atoms with van der Waals surface area (Å²) in [5.74, 6) is 2.01. The molecule has 6 nitrogen and oxygen atoms in total. The van der Waals surface area contributed by atoms with E-state index in [1.54, 1.807) is 9.83 Å².